The number of aliphatic imine (C=N–C) groups is 1. The summed E-state index contributed by atoms with van der Waals surface area (Å²) < 4.78 is 1.75. The van der Waals surface area contributed by atoms with Crippen molar-refractivity contribution in [2.45, 2.75) is 13.3 Å². The highest BCUT2D eigenvalue weighted by Gasteiger charge is 2.19. The number of halogens is 1. The third-order valence-electron chi connectivity index (χ3n) is 3.31. The van der Waals surface area contributed by atoms with Crippen LogP contribution in [0.2, 0.25) is 5.02 Å². The molecule has 114 valence electrons. The fraction of sp³-hybridized carbons (Fsp3) is 0.267. The normalized spacial score (nSPS) is 14.0. The van der Waals surface area contributed by atoms with Crippen molar-refractivity contribution in [1.29, 1.82) is 0 Å². The van der Waals surface area contributed by atoms with Crippen LogP contribution in [-0.2, 0) is 6.42 Å². The molecule has 1 aliphatic rings. The second-order valence-corrected chi connectivity index (χ2v) is 6.26. The molecule has 7 heteroatoms. The first-order valence-electron chi connectivity index (χ1n) is 7.00. The molecule has 2 heterocycles. The maximum absolute atomic E-state index is 12.4. The smallest absolute Gasteiger partial charge is 0.260 e. The number of hydrogen-bond donors (Lipinski definition) is 1. The number of benzene rings is 1. The zero-order valence-corrected chi connectivity index (χ0v) is 13.6. The monoisotopic (exact) mass is 334 g/mol. The maximum atomic E-state index is 12.4. The Bertz CT molecular complexity index is 741. The van der Waals surface area contributed by atoms with Gasteiger partial charge in [-0.25, -0.2) is 4.68 Å². The lowest BCUT2D eigenvalue weighted by Gasteiger charge is -2.08. The Morgan fingerprint density at radius 2 is 2.36 bits per heavy atom. The van der Waals surface area contributed by atoms with Crippen molar-refractivity contribution >= 4 is 34.4 Å². The van der Waals surface area contributed by atoms with E-state index in [-0.39, 0.29) is 5.91 Å². The van der Waals surface area contributed by atoms with E-state index >= 15 is 0 Å². The molecule has 0 aliphatic carbocycles. The van der Waals surface area contributed by atoms with Crippen LogP contribution < -0.4 is 5.32 Å². The van der Waals surface area contributed by atoms with E-state index < -0.39 is 0 Å². The first kappa shape index (κ1) is 15.1. The van der Waals surface area contributed by atoms with Gasteiger partial charge in [0.15, 0.2) is 5.17 Å². The summed E-state index contributed by atoms with van der Waals surface area (Å²) in [6.07, 6.45) is 2.28. The maximum Gasteiger partial charge on any atom is 0.260 e. The standard InChI is InChI=1S/C15H15ClN4OS/c1-2-13-12(14(21)19-15-17-6-7-22-15)9-18-20(13)11-5-3-4-10(16)8-11/h3-5,8-9H,2,6-7H2,1H3,(H,17,19,21). The predicted octanol–water partition coefficient (Wildman–Crippen LogP) is 2.92. The molecule has 0 saturated heterocycles. The Hall–Kier alpha value is -1.79. The average Bonchev–Trinajstić information content (AvgIpc) is 3.15. The minimum absolute atomic E-state index is 0.168. The first-order valence-corrected chi connectivity index (χ1v) is 8.37. The second kappa shape index (κ2) is 6.54. The van der Waals surface area contributed by atoms with Gasteiger partial charge >= 0.3 is 0 Å². The molecular weight excluding hydrogens is 320 g/mol. The summed E-state index contributed by atoms with van der Waals surface area (Å²) in [5, 5.41) is 8.50. The lowest BCUT2D eigenvalue weighted by atomic mass is 10.2. The highest BCUT2D eigenvalue weighted by molar-refractivity contribution is 8.14. The van der Waals surface area contributed by atoms with Gasteiger partial charge in [0, 0.05) is 10.8 Å². The van der Waals surface area contributed by atoms with E-state index in [1.54, 1.807) is 22.6 Å². The summed E-state index contributed by atoms with van der Waals surface area (Å²) in [6, 6.07) is 7.41. The van der Waals surface area contributed by atoms with Crippen LogP contribution in [0.15, 0.2) is 35.5 Å². The molecular formula is C15H15ClN4OS. The lowest BCUT2D eigenvalue weighted by molar-refractivity contribution is 0.0977. The van der Waals surface area contributed by atoms with Crippen molar-refractivity contribution in [1.82, 2.24) is 15.1 Å². The van der Waals surface area contributed by atoms with E-state index in [1.165, 1.54) is 0 Å². The van der Waals surface area contributed by atoms with Gasteiger partial charge < -0.3 is 5.32 Å². The third kappa shape index (κ3) is 3.03. The summed E-state index contributed by atoms with van der Waals surface area (Å²) in [5.41, 5.74) is 2.26. The molecule has 1 N–H and O–H groups in total. The Balaban J connectivity index is 1.91. The summed E-state index contributed by atoms with van der Waals surface area (Å²) in [7, 11) is 0. The van der Waals surface area contributed by atoms with Crippen molar-refractivity contribution < 1.29 is 4.79 Å². The van der Waals surface area contributed by atoms with E-state index in [1.807, 2.05) is 31.2 Å². The van der Waals surface area contributed by atoms with Gasteiger partial charge in [0.1, 0.15) is 0 Å². The van der Waals surface area contributed by atoms with Gasteiger partial charge in [-0.1, -0.05) is 36.4 Å². The van der Waals surface area contributed by atoms with Gasteiger partial charge in [-0.3, -0.25) is 9.79 Å². The van der Waals surface area contributed by atoms with E-state index in [4.69, 9.17) is 11.6 Å². The molecule has 1 aromatic heterocycles. The molecule has 1 aliphatic heterocycles. The van der Waals surface area contributed by atoms with Crippen LogP contribution in [0.1, 0.15) is 23.0 Å². The van der Waals surface area contributed by atoms with Gasteiger partial charge in [-0.05, 0) is 24.6 Å². The number of thioether (sulfide) groups is 1. The van der Waals surface area contributed by atoms with Crippen LogP contribution in [0, 0.1) is 0 Å². The van der Waals surface area contributed by atoms with Crippen LogP contribution in [-0.4, -0.2) is 33.2 Å². The van der Waals surface area contributed by atoms with E-state index in [0.717, 1.165) is 23.7 Å². The molecule has 0 fully saturated rings. The van der Waals surface area contributed by atoms with Crippen LogP contribution in [0.3, 0.4) is 0 Å². The van der Waals surface area contributed by atoms with E-state index in [9.17, 15) is 4.79 Å². The van der Waals surface area contributed by atoms with Crippen molar-refractivity contribution in [3.05, 3.63) is 46.7 Å². The number of amidine groups is 1. The molecule has 0 unspecified atom stereocenters. The fourth-order valence-corrected chi connectivity index (χ4v) is 3.22. The number of nitrogens with one attached hydrogen (secondary N) is 1. The van der Waals surface area contributed by atoms with Crippen LogP contribution >= 0.6 is 23.4 Å². The van der Waals surface area contributed by atoms with Gasteiger partial charge in [-0.15, -0.1) is 0 Å². The molecule has 0 spiro atoms. The van der Waals surface area contributed by atoms with Crippen LogP contribution in [0.5, 0.6) is 0 Å². The van der Waals surface area contributed by atoms with Crippen molar-refractivity contribution in [2.75, 3.05) is 12.3 Å². The Labute approximate surface area is 137 Å². The van der Waals surface area contributed by atoms with Gasteiger partial charge in [-0.2, -0.15) is 5.10 Å². The minimum Gasteiger partial charge on any atom is -0.301 e. The summed E-state index contributed by atoms with van der Waals surface area (Å²) >= 11 is 7.59. The molecule has 2 aromatic rings. The number of carbonyl (C=O) groups is 1. The number of nitrogens with zero attached hydrogens (tertiary/aromatic N) is 3. The SMILES string of the molecule is CCc1c(C(=O)NC2=NCCS2)cnn1-c1cccc(Cl)c1. The molecule has 1 amide bonds. The zero-order valence-electron chi connectivity index (χ0n) is 12.0. The first-order chi connectivity index (χ1) is 10.7. The molecule has 0 saturated carbocycles. The quantitative estimate of drug-likeness (QED) is 0.938. The van der Waals surface area contributed by atoms with Gasteiger partial charge in [0.25, 0.3) is 5.91 Å². The largest absolute Gasteiger partial charge is 0.301 e. The molecule has 0 atom stereocenters. The van der Waals surface area contributed by atoms with E-state index in [2.05, 4.69) is 15.4 Å². The predicted molar refractivity (Wildman–Crippen MR) is 90.2 cm³/mol. The summed E-state index contributed by atoms with van der Waals surface area (Å²) in [4.78, 5) is 16.6. The highest BCUT2D eigenvalue weighted by atomic mass is 35.5. The van der Waals surface area contributed by atoms with Gasteiger partial charge in [0.05, 0.1) is 29.7 Å². The molecule has 22 heavy (non-hydrogen) atoms. The third-order valence-corrected chi connectivity index (χ3v) is 4.43. The topological polar surface area (TPSA) is 59.3 Å². The molecule has 3 rings (SSSR count). The molecule has 0 radical (unpaired) electrons. The Kier molecular flexibility index (Phi) is 4.49. The van der Waals surface area contributed by atoms with Crippen molar-refractivity contribution in [3.63, 3.8) is 0 Å². The van der Waals surface area contributed by atoms with Crippen molar-refractivity contribution in [3.8, 4) is 5.69 Å². The summed E-state index contributed by atoms with van der Waals surface area (Å²) in [5.74, 6) is 0.746. The summed E-state index contributed by atoms with van der Waals surface area (Å²) in [6.45, 7) is 2.75. The number of hydrogen-bond acceptors (Lipinski definition) is 4. The second-order valence-electron chi connectivity index (χ2n) is 4.74. The molecule has 5 nitrogen and oxygen atoms in total. The Morgan fingerprint density at radius 1 is 1.50 bits per heavy atom. The van der Waals surface area contributed by atoms with Gasteiger partial charge in [0.2, 0.25) is 0 Å². The van der Waals surface area contributed by atoms with Crippen molar-refractivity contribution in [2.24, 2.45) is 4.99 Å². The average molecular weight is 335 g/mol. The Morgan fingerprint density at radius 3 is 3.05 bits per heavy atom. The molecule has 1 aromatic carbocycles. The number of amides is 1. The molecule has 0 bridgehead atoms. The number of carbonyl (C=O) groups excluding carboxylic acids is 1. The zero-order chi connectivity index (χ0) is 15.5. The fourth-order valence-electron chi connectivity index (χ4n) is 2.31. The van der Waals surface area contributed by atoms with E-state index in [0.29, 0.717) is 22.2 Å². The lowest BCUT2D eigenvalue weighted by Crippen LogP contribution is -2.28. The minimum atomic E-state index is -0.168. The van der Waals surface area contributed by atoms with Crippen LogP contribution in [0.4, 0.5) is 0 Å². The number of rotatable bonds is 3. The number of aromatic nitrogens is 2. The van der Waals surface area contributed by atoms with Crippen LogP contribution in [0.25, 0.3) is 5.69 Å². The highest BCUT2D eigenvalue weighted by Crippen LogP contribution is 2.19.